The summed E-state index contributed by atoms with van der Waals surface area (Å²) in [6, 6.07) is 0. The van der Waals surface area contributed by atoms with Crippen molar-refractivity contribution < 1.29 is 4.74 Å². The van der Waals surface area contributed by atoms with Crippen LogP contribution in [0.4, 0.5) is 0 Å². The Morgan fingerprint density at radius 1 is 1.54 bits per heavy atom. The molecule has 0 aliphatic heterocycles. The van der Waals surface area contributed by atoms with Crippen molar-refractivity contribution in [2.75, 3.05) is 13.7 Å². The number of thiazole rings is 1. The average Bonchev–Trinajstić information content (AvgIpc) is 2.48. The maximum atomic E-state index is 5.06. The van der Waals surface area contributed by atoms with E-state index in [1.807, 2.05) is 6.92 Å². The van der Waals surface area contributed by atoms with Gasteiger partial charge in [-0.15, -0.1) is 0 Å². The monoisotopic (exact) mass is 200 g/mol. The number of nitrogens with one attached hydrogen (secondary N) is 1. The van der Waals surface area contributed by atoms with Crippen molar-refractivity contribution in [3.05, 3.63) is 10.6 Å². The zero-order valence-electron chi connectivity index (χ0n) is 8.39. The van der Waals surface area contributed by atoms with E-state index in [2.05, 4.69) is 17.2 Å². The van der Waals surface area contributed by atoms with Gasteiger partial charge in [-0.2, -0.15) is 0 Å². The molecule has 0 fully saturated rings. The molecule has 1 aromatic heterocycles. The number of rotatable bonds is 5. The molecule has 1 aromatic rings. The second kappa shape index (κ2) is 5.19. The third-order valence-electron chi connectivity index (χ3n) is 1.76. The zero-order chi connectivity index (χ0) is 9.68. The predicted molar refractivity (Wildman–Crippen MR) is 55.4 cm³/mol. The van der Waals surface area contributed by atoms with Crippen LogP contribution in [0.2, 0.25) is 0 Å². The fourth-order valence-corrected chi connectivity index (χ4v) is 1.88. The molecule has 0 saturated heterocycles. The first-order valence-corrected chi connectivity index (χ1v) is 5.30. The number of ether oxygens (including phenoxy) is 1. The lowest BCUT2D eigenvalue weighted by Crippen LogP contribution is -2.13. The molecule has 0 unspecified atom stereocenters. The molecule has 3 nitrogen and oxygen atoms in total. The van der Waals surface area contributed by atoms with E-state index in [1.54, 1.807) is 18.4 Å². The quantitative estimate of drug-likeness (QED) is 0.738. The van der Waals surface area contributed by atoms with Crippen LogP contribution in [0.5, 0.6) is 5.19 Å². The van der Waals surface area contributed by atoms with E-state index in [0.717, 1.165) is 30.4 Å². The summed E-state index contributed by atoms with van der Waals surface area (Å²) in [5.41, 5.74) is 1.07. The Balaban J connectivity index is 2.50. The summed E-state index contributed by atoms with van der Waals surface area (Å²) < 4.78 is 5.06. The highest BCUT2D eigenvalue weighted by Gasteiger charge is 2.06. The normalized spacial score (nSPS) is 10.4. The van der Waals surface area contributed by atoms with Gasteiger partial charge in [0.25, 0.3) is 5.19 Å². The summed E-state index contributed by atoms with van der Waals surface area (Å²) in [5, 5.41) is 4.10. The number of hydrogen-bond acceptors (Lipinski definition) is 4. The lowest BCUT2D eigenvalue weighted by molar-refractivity contribution is 0.411. The highest BCUT2D eigenvalue weighted by molar-refractivity contribution is 7.13. The van der Waals surface area contributed by atoms with Crippen LogP contribution in [0.25, 0.3) is 0 Å². The number of hydrogen-bond donors (Lipinski definition) is 1. The highest BCUT2D eigenvalue weighted by Crippen LogP contribution is 2.23. The minimum atomic E-state index is 0.755. The van der Waals surface area contributed by atoms with Gasteiger partial charge in [-0.1, -0.05) is 18.3 Å². The van der Waals surface area contributed by atoms with Crippen molar-refractivity contribution in [2.24, 2.45) is 0 Å². The second-order valence-corrected chi connectivity index (χ2v) is 3.92. The van der Waals surface area contributed by atoms with Crippen molar-refractivity contribution in [3.8, 4) is 5.19 Å². The molecule has 1 N–H and O–H groups in total. The van der Waals surface area contributed by atoms with Gasteiger partial charge in [0.15, 0.2) is 0 Å². The Morgan fingerprint density at radius 2 is 2.31 bits per heavy atom. The fourth-order valence-electron chi connectivity index (χ4n) is 1.03. The first-order valence-electron chi connectivity index (χ1n) is 4.49. The van der Waals surface area contributed by atoms with Crippen LogP contribution >= 0.6 is 11.3 Å². The van der Waals surface area contributed by atoms with Crippen molar-refractivity contribution in [1.29, 1.82) is 0 Å². The molecule has 0 atom stereocenters. The lowest BCUT2D eigenvalue weighted by atomic mass is 10.4. The van der Waals surface area contributed by atoms with E-state index in [0.29, 0.717) is 0 Å². The summed E-state index contributed by atoms with van der Waals surface area (Å²) in [7, 11) is 1.65. The van der Waals surface area contributed by atoms with Crippen LogP contribution in [0, 0.1) is 6.92 Å². The van der Waals surface area contributed by atoms with Crippen LogP contribution in [0.1, 0.15) is 23.9 Å². The molecule has 0 radical (unpaired) electrons. The number of aryl methyl sites for hydroxylation is 1. The van der Waals surface area contributed by atoms with Gasteiger partial charge in [0.05, 0.1) is 12.8 Å². The maximum absolute atomic E-state index is 5.06. The Hall–Kier alpha value is -0.610. The van der Waals surface area contributed by atoms with Gasteiger partial charge in [-0.3, -0.25) is 0 Å². The van der Waals surface area contributed by atoms with Crippen molar-refractivity contribution in [2.45, 2.75) is 26.8 Å². The van der Waals surface area contributed by atoms with Gasteiger partial charge in [-0.05, 0) is 19.9 Å². The Labute approximate surface area is 83.1 Å². The van der Waals surface area contributed by atoms with Gasteiger partial charge in [0.1, 0.15) is 0 Å². The van der Waals surface area contributed by atoms with E-state index in [1.165, 1.54) is 4.88 Å². The first-order chi connectivity index (χ1) is 6.27. The fraction of sp³-hybridized carbons (Fsp3) is 0.667. The molecule has 1 rings (SSSR count). The van der Waals surface area contributed by atoms with E-state index in [9.17, 15) is 0 Å². The molecule has 0 aliphatic rings. The molecule has 13 heavy (non-hydrogen) atoms. The van der Waals surface area contributed by atoms with Crippen LogP contribution in [-0.2, 0) is 6.54 Å². The number of methoxy groups -OCH3 is 1. The third-order valence-corrected chi connectivity index (χ3v) is 2.88. The molecular formula is C9H16N2OS. The highest BCUT2D eigenvalue weighted by atomic mass is 32.1. The Kier molecular flexibility index (Phi) is 4.18. The van der Waals surface area contributed by atoms with Crippen LogP contribution < -0.4 is 10.1 Å². The van der Waals surface area contributed by atoms with Gasteiger partial charge >= 0.3 is 0 Å². The smallest absolute Gasteiger partial charge is 0.273 e. The standard InChI is InChI=1S/C9H16N2OS/c1-4-5-10-6-8-7(2)11-9(12-3)13-8/h10H,4-6H2,1-3H3. The summed E-state index contributed by atoms with van der Waals surface area (Å²) in [6.07, 6.45) is 1.16. The molecule has 4 heteroatoms. The molecule has 0 aliphatic carbocycles. The van der Waals surface area contributed by atoms with Crippen LogP contribution in [0.3, 0.4) is 0 Å². The van der Waals surface area contributed by atoms with E-state index in [4.69, 9.17) is 4.74 Å². The molecule has 0 saturated carbocycles. The minimum absolute atomic E-state index is 0.755. The summed E-state index contributed by atoms with van der Waals surface area (Å²) in [5.74, 6) is 0. The second-order valence-electron chi connectivity index (χ2n) is 2.87. The molecule has 0 amide bonds. The molecule has 0 bridgehead atoms. The average molecular weight is 200 g/mol. The van der Waals surface area contributed by atoms with Crippen LogP contribution in [-0.4, -0.2) is 18.6 Å². The van der Waals surface area contributed by atoms with Crippen LogP contribution in [0.15, 0.2) is 0 Å². The predicted octanol–water partition coefficient (Wildman–Crippen LogP) is 1.96. The van der Waals surface area contributed by atoms with Crippen molar-refractivity contribution >= 4 is 11.3 Å². The van der Waals surface area contributed by atoms with Gasteiger partial charge < -0.3 is 10.1 Å². The molecule has 0 spiro atoms. The Morgan fingerprint density at radius 3 is 2.85 bits per heavy atom. The van der Waals surface area contributed by atoms with Gasteiger partial charge in [-0.25, -0.2) is 4.98 Å². The van der Waals surface area contributed by atoms with E-state index in [-0.39, 0.29) is 0 Å². The summed E-state index contributed by atoms with van der Waals surface area (Å²) in [6.45, 7) is 6.13. The molecular weight excluding hydrogens is 184 g/mol. The first kappa shape index (κ1) is 10.5. The lowest BCUT2D eigenvalue weighted by Gasteiger charge is -1.99. The van der Waals surface area contributed by atoms with E-state index < -0.39 is 0 Å². The summed E-state index contributed by atoms with van der Waals surface area (Å²) in [4.78, 5) is 5.53. The Bertz CT molecular complexity index is 260. The third kappa shape index (κ3) is 2.97. The number of aromatic nitrogens is 1. The molecule has 0 aromatic carbocycles. The zero-order valence-corrected chi connectivity index (χ0v) is 9.20. The van der Waals surface area contributed by atoms with Crippen molar-refractivity contribution in [3.63, 3.8) is 0 Å². The largest absolute Gasteiger partial charge is 0.473 e. The molecule has 74 valence electrons. The SMILES string of the molecule is CCCNCc1sc(OC)nc1C. The maximum Gasteiger partial charge on any atom is 0.273 e. The van der Waals surface area contributed by atoms with Crippen molar-refractivity contribution in [1.82, 2.24) is 10.3 Å². The minimum Gasteiger partial charge on any atom is -0.473 e. The topological polar surface area (TPSA) is 34.1 Å². The van der Waals surface area contributed by atoms with Gasteiger partial charge in [0.2, 0.25) is 0 Å². The molecule has 1 heterocycles. The van der Waals surface area contributed by atoms with Gasteiger partial charge in [0, 0.05) is 11.4 Å². The summed E-state index contributed by atoms with van der Waals surface area (Å²) >= 11 is 1.61. The van der Waals surface area contributed by atoms with E-state index >= 15 is 0 Å². The number of nitrogens with zero attached hydrogens (tertiary/aromatic N) is 1.